The number of nitrogens with one attached hydrogen (secondary N) is 1. The number of Topliss-reactive ketones (excluding diaryl/α,β-unsaturated/α-hetero) is 1. The van der Waals surface area contributed by atoms with Crippen molar-refractivity contribution in [1.29, 1.82) is 0 Å². The fourth-order valence-electron chi connectivity index (χ4n) is 3.17. The zero-order chi connectivity index (χ0) is 20.7. The van der Waals surface area contributed by atoms with Crippen molar-refractivity contribution in [3.8, 4) is 5.75 Å². The van der Waals surface area contributed by atoms with Crippen molar-refractivity contribution in [2.45, 2.75) is 59.3 Å². The Labute approximate surface area is 168 Å². The van der Waals surface area contributed by atoms with Gasteiger partial charge in [-0.25, -0.2) is 0 Å². The largest absolute Gasteiger partial charge is 0.494 e. The molecule has 0 fully saturated rings. The van der Waals surface area contributed by atoms with Gasteiger partial charge in [0, 0.05) is 24.1 Å². The summed E-state index contributed by atoms with van der Waals surface area (Å²) >= 11 is 0. The van der Waals surface area contributed by atoms with E-state index in [0.29, 0.717) is 24.0 Å². The molecule has 1 N–H and O–H groups in total. The van der Waals surface area contributed by atoms with Crippen molar-refractivity contribution in [3.63, 3.8) is 0 Å². The smallest absolute Gasteiger partial charge is 0.224 e. The number of benzene rings is 2. The highest BCUT2D eigenvalue weighted by atomic mass is 16.5. The molecule has 0 bridgehead atoms. The SMILES string of the molecule is CCOc1ccc(C(=O)CCC(=O)Nc2c(C(C)C)cccc2C(C)C)cc1. The van der Waals surface area contributed by atoms with E-state index < -0.39 is 0 Å². The second-order valence-corrected chi connectivity index (χ2v) is 7.55. The molecule has 2 aromatic rings. The lowest BCUT2D eigenvalue weighted by Gasteiger charge is -2.20. The van der Waals surface area contributed by atoms with Crippen molar-refractivity contribution in [1.82, 2.24) is 0 Å². The zero-order valence-electron chi connectivity index (χ0n) is 17.5. The van der Waals surface area contributed by atoms with Crippen LogP contribution < -0.4 is 10.1 Å². The number of ketones is 1. The van der Waals surface area contributed by atoms with E-state index in [1.807, 2.05) is 13.0 Å². The van der Waals surface area contributed by atoms with Crippen LogP contribution in [0.5, 0.6) is 5.75 Å². The summed E-state index contributed by atoms with van der Waals surface area (Å²) < 4.78 is 5.39. The minimum atomic E-state index is -0.130. The number of para-hydroxylation sites is 1. The summed E-state index contributed by atoms with van der Waals surface area (Å²) in [5.74, 6) is 1.18. The summed E-state index contributed by atoms with van der Waals surface area (Å²) in [7, 11) is 0. The highest BCUT2D eigenvalue weighted by Crippen LogP contribution is 2.32. The van der Waals surface area contributed by atoms with Crippen molar-refractivity contribution in [2.24, 2.45) is 0 Å². The molecule has 0 aliphatic carbocycles. The standard InChI is InChI=1S/C24H31NO3/c1-6-28-19-12-10-18(11-13-19)22(26)14-15-23(27)25-24-20(16(2)3)8-7-9-21(24)17(4)5/h7-13,16-17H,6,14-15H2,1-5H3,(H,25,27). The molecule has 0 radical (unpaired) electrons. The summed E-state index contributed by atoms with van der Waals surface area (Å²) in [5.41, 5.74) is 3.74. The number of hydrogen-bond acceptors (Lipinski definition) is 3. The Morgan fingerprint density at radius 1 is 0.893 bits per heavy atom. The van der Waals surface area contributed by atoms with Gasteiger partial charge in [0.05, 0.1) is 6.61 Å². The Bertz CT molecular complexity index is 781. The van der Waals surface area contributed by atoms with Gasteiger partial charge in [-0.05, 0) is 54.2 Å². The van der Waals surface area contributed by atoms with Crippen molar-refractivity contribution in [2.75, 3.05) is 11.9 Å². The molecule has 0 unspecified atom stereocenters. The first kappa shape index (κ1) is 21.7. The first-order chi connectivity index (χ1) is 13.3. The van der Waals surface area contributed by atoms with E-state index in [1.54, 1.807) is 24.3 Å². The van der Waals surface area contributed by atoms with Gasteiger partial charge in [-0.1, -0.05) is 45.9 Å². The molecular formula is C24H31NO3. The maximum absolute atomic E-state index is 12.6. The molecule has 0 saturated carbocycles. The highest BCUT2D eigenvalue weighted by Gasteiger charge is 2.17. The van der Waals surface area contributed by atoms with Gasteiger partial charge in [0.2, 0.25) is 5.91 Å². The molecule has 28 heavy (non-hydrogen) atoms. The molecule has 4 nitrogen and oxygen atoms in total. The van der Waals surface area contributed by atoms with Gasteiger partial charge >= 0.3 is 0 Å². The average Bonchev–Trinajstić information content (AvgIpc) is 2.66. The van der Waals surface area contributed by atoms with Gasteiger partial charge < -0.3 is 10.1 Å². The molecule has 150 valence electrons. The van der Waals surface area contributed by atoms with E-state index in [2.05, 4.69) is 45.1 Å². The second-order valence-electron chi connectivity index (χ2n) is 7.55. The summed E-state index contributed by atoms with van der Waals surface area (Å²) in [6.07, 6.45) is 0.344. The van der Waals surface area contributed by atoms with Crippen LogP contribution >= 0.6 is 0 Å². The first-order valence-corrected chi connectivity index (χ1v) is 10.0. The minimum absolute atomic E-state index is 0.0422. The molecule has 0 saturated heterocycles. The Kier molecular flexibility index (Phi) is 7.80. The number of amides is 1. The fraction of sp³-hybridized carbons (Fsp3) is 0.417. The predicted octanol–water partition coefficient (Wildman–Crippen LogP) is 5.93. The number of rotatable bonds is 9. The molecule has 0 spiro atoms. The second kappa shape index (κ2) is 10.1. The lowest BCUT2D eigenvalue weighted by molar-refractivity contribution is -0.116. The van der Waals surface area contributed by atoms with Gasteiger partial charge in [0.1, 0.15) is 5.75 Å². The third-order valence-electron chi connectivity index (χ3n) is 4.70. The third-order valence-corrected chi connectivity index (χ3v) is 4.70. The Balaban J connectivity index is 2.03. The van der Waals surface area contributed by atoms with E-state index in [0.717, 1.165) is 22.6 Å². The summed E-state index contributed by atoms with van der Waals surface area (Å²) in [6, 6.07) is 13.2. The van der Waals surface area contributed by atoms with E-state index in [4.69, 9.17) is 4.74 Å². The molecule has 2 aromatic carbocycles. The van der Waals surface area contributed by atoms with Crippen molar-refractivity contribution < 1.29 is 14.3 Å². The predicted molar refractivity (Wildman–Crippen MR) is 114 cm³/mol. The van der Waals surface area contributed by atoms with Crippen LogP contribution in [-0.2, 0) is 4.79 Å². The van der Waals surface area contributed by atoms with Gasteiger partial charge in [-0.3, -0.25) is 9.59 Å². The number of anilines is 1. The Morgan fingerprint density at radius 2 is 1.46 bits per heavy atom. The summed E-state index contributed by atoms with van der Waals surface area (Å²) in [6.45, 7) is 11.0. The van der Waals surface area contributed by atoms with E-state index in [9.17, 15) is 9.59 Å². The van der Waals surface area contributed by atoms with Gasteiger partial charge in [-0.2, -0.15) is 0 Å². The number of hydrogen-bond donors (Lipinski definition) is 1. The quantitative estimate of drug-likeness (QED) is 0.547. The van der Waals surface area contributed by atoms with E-state index in [-0.39, 0.29) is 24.5 Å². The van der Waals surface area contributed by atoms with Crippen LogP contribution in [0.4, 0.5) is 5.69 Å². The van der Waals surface area contributed by atoms with Crippen LogP contribution in [0.3, 0.4) is 0 Å². The molecule has 2 rings (SSSR count). The van der Waals surface area contributed by atoms with Gasteiger partial charge in [-0.15, -0.1) is 0 Å². The number of carbonyl (C=O) groups excluding carboxylic acids is 2. The number of ether oxygens (including phenoxy) is 1. The van der Waals surface area contributed by atoms with Crippen molar-refractivity contribution in [3.05, 3.63) is 59.2 Å². The molecule has 1 amide bonds. The maximum atomic E-state index is 12.6. The highest BCUT2D eigenvalue weighted by molar-refractivity contribution is 6.00. The molecule has 0 aliphatic rings. The molecule has 0 atom stereocenters. The third kappa shape index (κ3) is 5.69. The molecule has 0 aliphatic heterocycles. The number of carbonyl (C=O) groups is 2. The minimum Gasteiger partial charge on any atom is -0.494 e. The fourth-order valence-corrected chi connectivity index (χ4v) is 3.17. The summed E-state index contributed by atoms with van der Waals surface area (Å²) in [4.78, 5) is 25.0. The van der Waals surface area contributed by atoms with Gasteiger partial charge in [0.15, 0.2) is 5.78 Å². The van der Waals surface area contributed by atoms with E-state index in [1.165, 1.54) is 0 Å². The monoisotopic (exact) mass is 381 g/mol. The normalized spacial score (nSPS) is 11.0. The lowest BCUT2D eigenvalue weighted by Crippen LogP contribution is -2.17. The van der Waals surface area contributed by atoms with Gasteiger partial charge in [0.25, 0.3) is 0 Å². The van der Waals surface area contributed by atoms with Crippen LogP contribution in [-0.4, -0.2) is 18.3 Å². The molecule has 0 heterocycles. The zero-order valence-corrected chi connectivity index (χ0v) is 17.5. The first-order valence-electron chi connectivity index (χ1n) is 10.0. The molecule has 0 aromatic heterocycles. The average molecular weight is 382 g/mol. The van der Waals surface area contributed by atoms with Crippen LogP contribution in [0.1, 0.15) is 80.8 Å². The van der Waals surface area contributed by atoms with Crippen molar-refractivity contribution >= 4 is 17.4 Å². The topological polar surface area (TPSA) is 55.4 Å². The Hall–Kier alpha value is -2.62. The lowest BCUT2D eigenvalue weighted by atomic mass is 9.92. The van der Waals surface area contributed by atoms with Crippen LogP contribution in [0.25, 0.3) is 0 Å². The van der Waals surface area contributed by atoms with E-state index >= 15 is 0 Å². The molecular weight excluding hydrogens is 350 g/mol. The van der Waals surface area contributed by atoms with Crippen LogP contribution in [0.2, 0.25) is 0 Å². The summed E-state index contributed by atoms with van der Waals surface area (Å²) in [5, 5.41) is 3.06. The van der Waals surface area contributed by atoms with Crippen LogP contribution in [0, 0.1) is 0 Å². The Morgan fingerprint density at radius 3 is 1.96 bits per heavy atom. The van der Waals surface area contributed by atoms with Crippen LogP contribution in [0.15, 0.2) is 42.5 Å². The molecule has 4 heteroatoms. The maximum Gasteiger partial charge on any atom is 0.224 e.